The van der Waals surface area contributed by atoms with E-state index in [4.69, 9.17) is 10.6 Å². The lowest BCUT2D eigenvalue weighted by atomic mass is 10.0. The molecule has 1 fully saturated rings. The standard InChI is InChI=1S/C33H29N9O11S4/c1-14-6-24(42-33(35-14)37-23(39-42)13-57(51,52)17-3-5-20(44)22(46)8-17)54-10-16-11-55-30-26(29(48)41(30)27(16)31(49)50)38-28(47)25(18-12-56-32(34)36-18)40-53-9-15-2-4-19(43)21(45)7-15/h2-8,12,26,30,43-46H,9-11,13H2,1H3,(H2,34,36)(H,38,47)(H,49,50)/b40-25-/t26-,30-/m1/s1. The number of carbonyl (C=O) groups excluding carboxylic acids is 2. The van der Waals surface area contributed by atoms with Gasteiger partial charge in [-0.15, -0.1) is 40.0 Å². The highest BCUT2D eigenvalue weighted by Gasteiger charge is 2.54. The number of oxime groups is 1. The van der Waals surface area contributed by atoms with Crippen molar-refractivity contribution in [3.8, 4) is 23.0 Å². The third-order valence-electron chi connectivity index (χ3n) is 8.41. The van der Waals surface area contributed by atoms with Gasteiger partial charge in [-0.2, -0.15) is 9.50 Å². The fourth-order valence-electron chi connectivity index (χ4n) is 5.71. The molecule has 0 unspecified atom stereocenters. The number of nitrogens with one attached hydrogen (secondary N) is 1. The van der Waals surface area contributed by atoms with Crippen molar-refractivity contribution in [1.29, 1.82) is 0 Å². The average molecular weight is 856 g/mol. The highest BCUT2D eigenvalue weighted by molar-refractivity contribution is 8.01. The number of hydrogen-bond acceptors (Lipinski definition) is 19. The summed E-state index contributed by atoms with van der Waals surface area (Å²) in [4.78, 5) is 58.5. The Kier molecular flexibility index (Phi) is 10.6. The molecule has 0 saturated carbocycles. The SMILES string of the molecule is Cc1cc(SCC2=C(C(=O)O)N3C(=O)[C@@H](NC(=O)/C(=N\OCc4ccc(O)c(O)c4)c4csc(N)n4)[C@H]3SC2)n2nc(CS(=O)(=O)c3ccc(O)c(O)c3)nc2n1. The fraction of sp³-hybridized carbons (Fsp3) is 0.212. The van der Waals surface area contributed by atoms with E-state index in [1.54, 1.807) is 13.0 Å². The van der Waals surface area contributed by atoms with E-state index in [9.17, 15) is 48.3 Å². The summed E-state index contributed by atoms with van der Waals surface area (Å²) in [6, 6.07) is 7.62. The van der Waals surface area contributed by atoms with Gasteiger partial charge in [-0.25, -0.2) is 23.2 Å². The zero-order chi connectivity index (χ0) is 40.8. The van der Waals surface area contributed by atoms with Crippen molar-refractivity contribution in [3.05, 3.63) is 81.9 Å². The van der Waals surface area contributed by atoms with Crippen LogP contribution in [0.25, 0.3) is 5.78 Å². The average Bonchev–Trinajstić information content (AvgIpc) is 3.77. The van der Waals surface area contributed by atoms with E-state index in [0.29, 0.717) is 21.9 Å². The summed E-state index contributed by atoms with van der Waals surface area (Å²) in [6.45, 7) is 1.49. The molecule has 3 aromatic heterocycles. The summed E-state index contributed by atoms with van der Waals surface area (Å²) in [6.07, 6.45) is 0. The summed E-state index contributed by atoms with van der Waals surface area (Å²) in [7, 11) is -4.05. The Morgan fingerprint density at radius 1 is 1.05 bits per heavy atom. The van der Waals surface area contributed by atoms with Crippen LogP contribution < -0.4 is 11.1 Å². The topological polar surface area (TPSA) is 305 Å². The number of carboxylic acid groups (broad SMARTS) is 1. The first-order valence-corrected chi connectivity index (χ1v) is 20.9. The van der Waals surface area contributed by atoms with Crippen LogP contribution in [0, 0.1) is 6.92 Å². The summed E-state index contributed by atoms with van der Waals surface area (Å²) < 4.78 is 27.4. The lowest BCUT2D eigenvalue weighted by molar-refractivity contribution is -0.150. The van der Waals surface area contributed by atoms with Crippen molar-refractivity contribution >= 4 is 79.1 Å². The number of aromatic nitrogens is 5. The second-order valence-corrected chi connectivity index (χ2v) is 17.4. The lowest BCUT2D eigenvalue weighted by Gasteiger charge is -2.49. The van der Waals surface area contributed by atoms with E-state index >= 15 is 0 Å². The Hall–Kier alpha value is -6.11. The normalized spacial score (nSPS) is 17.0. The molecule has 2 aliphatic heterocycles. The number of amides is 2. The number of aliphatic carboxylic acids is 1. The summed E-state index contributed by atoms with van der Waals surface area (Å²) in [5, 5.41) is 61.1. The van der Waals surface area contributed by atoms with Crippen LogP contribution in [0.3, 0.4) is 0 Å². The maximum atomic E-state index is 13.5. The van der Waals surface area contributed by atoms with Crippen molar-refractivity contribution in [2.45, 2.75) is 40.6 Å². The number of aryl methyl sites for hydroxylation is 1. The minimum Gasteiger partial charge on any atom is -0.504 e. The number of thioether (sulfide) groups is 2. The number of aromatic hydroxyl groups is 4. The van der Waals surface area contributed by atoms with E-state index in [1.165, 1.54) is 51.6 Å². The van der Waals surface area contributed by atoms with Gasteiger partial charge in [-0.3, -0.25) is 14.5 Å². The number of thiazole rings is 1. The molecule has 2 amide bonds. The van der Waals surface area contributed by atoms with Crippen LogP contribution in [0.1, 0.15) is 22.8 Å². The molecule has 5 heterocycles. The van der Waals surface area contributed by atoms with Crippen molar-refractivity contribution in [2.75, 3.05) is 17.2 Å². The molecule has 24 heteroatoms. The third-order valence-corrected chi connectivity index (χ3v) is 13.1. The van der Waals surface area contributed by atoms with Gasteiger partial charge in [-0.05, 0) is 48.4 Å². The molecule has 0 spiro atoms. The quantitative estimate of drug-likeness (QED) is 0.0221. The largest absolute Gasteiger partial charge is 0.504 e. The van der Waals surface area contributed by atoms with Crippen molar-refractivity contribution in [1.82, 2.24) is 34.8 Å². The molecular formula is C33H29N9O11S4. The Bertz CT molecular complexity index is 2650. The zero-order valence-corrected chi connectivity index (χ0v) is 32.4. The number of hydrogen-bond donors (Lipinski definition) is 7. The van der Waals surface area contributed by atoms with Gasteiger partial charge in [0.05, 0.1) is 4.90 Å². The number of phenols is 4. The third kappa shape index (κ3) is 7.96. The van der Waals surface area contributed by atoms with E-state index in [0.717, 1.165) is 34.4 Å². The van der Waals surface area contributed by atoms with Crippen molar-refractivity contribution < 1.29 is 53.2 Å². The van der Waals surface area contributed by atoms with Crippen molar-refractivity contribution in [3.63, 3.8) is 0 Å². The molecule has 0 radical (unpaired) electrons. The summed E-state index contributed by atoms with van der Waals surface area (Å²) >= 11 is 3.44. The summed E-state index contributed by atoms with van der Waals surface area (Å²) in [5.74, 6) is -5.06. The smallest absolute Gasteiger partial charge is 0.352 e. The first-order chi connectivity index (χ1) is 27.1. The number of nitrogens with two attached hydrogens (primary N) is 1. The molecule has 20 nitrogen and oxygen atoms in total. The molecular weight excluding hydrogens is 827 g/mol. The van der Waals surface area contributed by atoms with E-state index < -0.39 is 56.3 Å². The van der Waals surface area contributed by atoms with Gasteiger partial charge in [0.25, 0.3) is 17.6 Å². The Labute approximate surface area is 333 Å². The molecule has 8 N–H and O–H groups in total. The summed E-state index contributed by atoms with van der Waals surface area (Å²) in [5.41, 5.74) is 6.63. The van der Waals surface area contributed by atoms with Gasteiger partial charge in [0.1, 0.15) is 40.2 Å². The highest BCUT2D eigenvalue weighted by atomic mass is 32.2. The molecule has 1 saturated heterocycles. The fourth-order valence-corrected chi connectivity index (χ4v) is 9.98. The Morgan fingerprint density at radius 3 is 2.47 bits per heavy atom. The van der Waals surface area contributed by atoms with E-state index in [-0.39, 0.29) is 68.3 Å². The zero-order valence-electron chi connectivity index (χ0n) is 29.1. The second kappa shape index (κ2) is 15.4. The number of fused-ring (bicyclic) bond motifs is 2. The molecule has 2 atom stereocenters. The van der Waals surface area contributed by atoms with Crippen LogP contribution in [0.15, 0.2) is 74.2 Å². The van der Waals surface area contributed by atoms with Crippen LogP contribution in [-0.2, 0) is 41.4 Å². The van der Waals surface area contributed by atoms with Crippen molar-refractivity contribution in [2.24, 2.45) is 5.16 Å². The maximum absolute atomic E-state index is 13.5. The van der Waals surface area contributed by atoms with Gasteiger partial charge < -0.3 is 41.4 Å². The maximum Gasteiger partial charge on any atom is 0.352 e. The number of phenolic OH excluding ortho intramolecular Hbond substituents is 4. The van der Waals surface area contributed by atoms with Gasteiger partial charge in [0.15, 0.2) is 49.5 Å². The monoisotopic (exact) mass is 855 g/mol. The molecule has 57 heavy (non-hydrogen) atoms. The molecule has 2 aliphatic rings. The predicted octanol–water partition coefficient (Wildman–Crippen LogP) is 1.72. The highest BCUT2D eigenvalue weighted by Crippen LogP contribution is 2.42. The number of sulfone groups is 1. The van der Waals surface area contributed by atoms with Gasteiger partial charge in [0, 0.05) is 28.6 Å². The van der Waals surface area contributed by atoms with Gasteiger partial charge in [-0.1, -0.05) is 11.2 Å². The number of nitrogens with zero attached hydrogens (tertiary/aromatic N) is 7. The molecule has 296 valence electrons. The molecule has 0 bridgehead atoms. The molecule has 7 rings (SSSR count). The first-order valence-electron chi connectivity index (χ1n) is 16.3. The number of carboxylic acids is 1. The number of rotatable bonds is 13. The number of nitrogen functional groups attached to an aromatic ring is 1. The first kappa shape index (κ1) is 39.1. The minimum atomic E-state index is -4.05. The molecule has 2 aromatic carbocycles. The number of carbonyl (C=O) groups is 3. The molecule has 0 aliphatic carbocycles. The van der Waals surface area contributed by atoms with Crippen LogP contribution >= 0.6 is 34.9 Å². The van der Waals surface area contributed by atoms with E-state index in [2.05, 4.69) is 30.5 Å². The minimum absolute atomic E-state index is 0.0631. The van der Waals surface area contributed by atoms with Crippen LogP contribution in [0.5, 0.6) is 23.0 Å². The Morgan fingerprint density at radius 2 is 1.79 bits per heavy atom. The Balaban J connectivity index is 1.06. The van der Waals surface area contributed by atoms with Crippen LogP contribution in [-0.4, -0.2) is 110 Å². The lowest BCUT2D eigenvalue weighted by Crippen LogP contribution is -2.71. The van der Waals surface area contributed by atoms with Gasteiger partial charge >= 0.3 is 5.97 Å². The van der Waals surface area contributed by atoms with E-state index in [1.807, 2.05) is 0 Å². The number of β-lactam (4-membered cyclic amide) rings is 1. The van der Waals surface area contributed by atoms with Gasteiger partial charge in [0.2, 0.25) is 0 Å². The molecule has 5 aromatic rings. The van der Waals surface area contributed by atoms with Crippen LogP contribution in [0.4, 0.5) is 5.13 Å². The number of benzene rings is 2. The second-order valence-electron chi connectivity index (χ2n) is 12.4. The number of anilines is 1. The van der Waals surface area contributed by atoms with Crippen LogP contribution in [0.2, 0.25) is 0 Å². The predicted molar refractivity (Wildman–Crippen MR) is 204 cm³/mol.